The largest absolute Gasteiger partial charge is 0.497 e. The van der Waals surface area contributed by atoms with Gasteiger partial charge in [-0.2, -0.15) is 0 Å². The Morgan fingerprint density at radius 3 is 2.61 bits per heavy atom. The molecule has 4 aromatic rings. The Bertz CT molecular complexity index is 1140. The van der Waals surface area contributed by atoms with Gasteiger partial charge in [0.25, 0.3) is 0 Å². The third-order valence-electron chi connectivity index (χ3n) is 4.58. The number of rotatable bonds is 6. The Morgan fingerprint density at radius 1 is 1.00 bits per heavy atom. The standard InChI is InChI=1S/C24H20N2O2/c1-28-20-11-7-10-18(16-20)14-15-23(27)24-25-21-12-5-6-13-22(21)26(24)17-19-8-3-2-4-9-19/h2-16H,17H2,1H3/b15-14+. The third kappa shape index (κ3) is 3.71. The van der Waals surface area contributed by atoms with E-state index in [0.29, 0.717) is 12.4 Å². The Morgan fingerprint density at radius 2 is 1.79 bits per heavy atom. The molecule has 1 heterocycles. The van der Waals surface area contributed by atoms with Crippen LogP contribution in [0, 0.1) is 0 Å². The lowest BCUT2D eigenvalue weighted by molar-refractivity contribution is 0.103. The average Bonchev–Trinajstić information content (AvgIpc) is 3.11. The number of nitrogens with zero attached hydrogens (tertiary/aromatic N) is 2. The predicted octanol–water partition coefficient (Wildman–Crippen LogP) is 4.99. The second-order valence-corrected chi connectivity index (χ2v) is 6.47. The fourth-order valence-electron chi connectivity index (χ4n) is 3.18. The first kappa shape index (κ1) is 17.7. The van der Waals surface area contributed by atoms with Crippen molar-refractivity contribution >= 4 is 22.9 Å². The van der Waals surface area contributed by atoms with Gasteiger partial charge in [0.15, 0.2) is 5.82 Å². The third-order valence-corrected chi connectivity index (χ3v) is 4.58. The van der Waals surface area contributed by atoms with Crippen LogP contribution in [-0.2, 0) is 6.54 Å². The van der Waals surface area contributed by atoms with Gasteiger partial charge in [-0.3, -0.25) is 4.79 Å². The summed E-state index contributed by atoms with van der Waals surface area (Å²) in [5.41, 5.74) is 3.79. The molecule has 28 heavy (non-hydrogen) atoms. The molecule has 0 aliphatic rings. The number of ether oxygens (including phenoxy) is 1. The quantitative estimate of drug-likeness (QED) is 0.356. The zero-order valence-corrected chi connectivity index (χ0v) is 15.6. The minimum atomic E-state index is -0.130. The summed E-state index contributed by atoms with van der Waals surface area (Å²) in [6.07, 6.45) is 3.36. The lowest BCUT2D eigenvalue weighted by atomic mass is 10.2. The van der Waals surface area contributed by atoms with E-state index in [1.165, 1.54) is 0 Å². The molecule has 4 heteroatoms. The number of para-hydroxylation sites is 2. The monoisotopic (exact) mass is 368 g/mol. The molecule has 0 atom stereocenters. The van der Waals surface area contributed by atoms with Gasteiger partial charge in [0.2, 0.25) is 5.78 Å². The van der Waals surface area contributed by atoms with Gasteiger partial charge in [-0.15, -0.1) is 0 Å². The normalized spacial score (nSPS) is 11.2. The van der Waals surface area contributed by atoms with Crippen LogP contribution in [0.25, 0.3) is 17.1 Å². The van der Waals surface area contributed by atoms with Crippen LogP contribution in [0.15, 0.2) is 84.9 Å². The van der Waals surface area contributed by atoms with E-state index in [-0.39, 0.29) is 5.78 Å². The van der Waals surface area contributed by atoms with Crippen molar-refractivity contribution in [2.75, 3.05) is 7.11 Å². The van der Waals surface area contributed by atoms with Gasteiger partial charge in [-0.05, 0) is 41.5 Å². The molecular weight excluding hydrogens is 348 g/mol. The molecule has 0 bridgehead atoms. The van der Waals surface area contributed by atoms with Gasteiger partial charge >= 0.3 is 0 Å². The molecule has 0 aliphatic heterocycles. The molecule has 138 valence electrons. The number of imidazole rings is 1. The molecule has 0 spiro atoms. The van der Waals surface area contributed by atoms with Gasteiger partial charge in [0.05, 0.1) is 18.1 Å². The fourth-order valence-corrected chi connectivity index (χ4v) is 3.18. The van der Waals surface area contributed by atoms with Crippen molar-refractivity contribution in [2.24, 2.45) is 0 Å². The van der Waals surface area contributed by atoms with Crippen molar-refractivity contribution in [3.63, 3.8) is 0 Å². The summed E-state index contributed by atoms with van der Waals surface area (Å²) in [5, 5.41) is 0. The molecule has 0 radical (unpaired) electrons. The molecule has 0 amide bonds. The number of hydrogen-bond acceptors (Lipinski definition) is 3. The Labute approximate surface area is 163 Å². The van der Waals surface area contributed by atoms with Crippen molar-refractivity contribution in [1.29, 1.82) is 0 Å². The van der Waals surface area contributed by atoms with Crippen LogP contribution in [0.5, 0.6) is 5.75 Å². The predicted molar refractivity (Wildman–Crippen MR) is 112 cm³/mol. The van der Waals surface area contributed by atoms with E-state index < -0.39 is 0 Å². The van der Waals surface area contributed by atoms with Gasteiger partial charge in [-0.25, -0.2) is 4.98 Å². The van der Waals surface area contributed by atoms with E-state index in [4.69, 9.17) is 4.74 Å². The van der Waals surface area contributed by atoms with E-state index in [0.717, 1.165) is 27.9 Å². The molecule has 1 aromatic heterocycles. The molecular formula is C24H20N2O2. The molecule has 0 saturated heterocycles. The number of carbonyl (C=O) groups excluding carboxylic acids is 1. The van der Waals surface area contributed by atoms with Crippen LogP contribution in [-0.4, -0.2) is 22.4 Å². The summed E-state index contributed by atoms with van der Waals surface area (Å²) in [6.45, 7) is 0.593. The molecule has 0 aliphatic carbocycles. The molecule has 4 rings (SSSR count). The van der Waals surface area contributed by atoms with E-state index in [2.05, 4.69) is 17.1 Å². The summed E-state index contributed by atoms with van der Waals surface area (Å²) in [6, 6.07) is 25.5. The lowest BCUT2D eigenvalue weighted by Crippen LogP contribution is -2.09. The second kappa shape index (κ2) is 7.92. The first-order valence-electron chi connectivity index (χ1n) is 9.10. The number of methoxy groups -OCH3 is 1. The molecule has 0 unspecified atom stereocenters. The number of fused-ring (bicyclic) bond motifs is 1. The highest BCUT2D eigenvalue weighted by Gasteiger charge is 2.15. The molecule has 3 aromatic carbocycles. The maximum absolute atomic E-state index is 13.0. The van der Waals surface area contributed by atoms with Crippen LogP contribution in [0.2, 0.25) is 0 Å². The van der Waals surface area contributed by atoms with Crippen molar-refractivity contribution in [3.05, 3.63) is 102 Å². The van der Waals surface area contributed by atoms with Crippen LogP contribution in [0.4, 0.5) is 0 Å². The number of carbonyl (C=O) groups is 1. The van der Waals surface area contributed by atoms with Crippen molar-refractivity contribution in [3.8, 4) is 5.75 Å². The maximum atomic E-state index is 13.0. The highest BCUT2D eigenvalue weighted by molar-refractivity contribution is 6.06. The zero-order valence-electron chi connectivity index (χ0n) is 15.6. The molecule has 4 nitrogen and oxygen atoms in total. The Balaban J connectivity index is 1.69. The molecule has 0 fully saturated rings. The average molecular weight is 368 g/mol. The number of ketones is 1. The van der Waals surface area contributed by atoms with Gasteiger partial charge < -0.3 is 9.30 Å². The van der Waals surface area contributed by atoms with E-state index >= 15 is 0 Å². The first-order chi connectivity index (χ1) is 13.7. The van der Waals surface area contributed by atoms with Crippen LogP contribution in [0.1, 0.15) is 21.7 Å². The smallest absolute Gasteiger partial charge is 0.221 e. The van der Waals surface area contributed by atoms with E-state index in [1.54, 1.807) is 19.3 Å². The summed E-state index contributed by atoms with van der Waals surface area (Å²) in [7, 11) is 1.62. The Kier molecular flexibility index (Phi) is 5.02. The number of benzene rings is 3. The first-order valence-corrected chi connectivity index (χ1v) is 9.10. The lowest BCUT2D eigenvalue weighted by Gasteiger charge is -2.08. The van der Waals surface area contributed by atoms with Gasteiger partial charge in [0.1, 0.15) is 5.75 Å². The second-order valence-electron chi connectivity index (χ2n) is 6.47. The topological polar surface area (TPSA) is 44.1 Å². The summed E-state index contributed by atoms with van der Waals surface area (Å²) >= 11 is 0. The minimum absolute atomic E-state index is 0.130. The van der Waals surface area contributed by atoms with Gasteiger partial charge in [-0.1, -0.05) is 60.7 Å². The minimum Gasteiger partial charge on any atom is -0.497 e. The Hall–Kier alpha value is -3.66. The molecule has 0 saturated carbocycles. The molecule has 0 N–H and O–H groups in total. The highest BCUT2D eigenvalue weighted by Crippen LogP contribution is 2.19. The van der Waals surface area contributed by atoms with E-state index in [9.17, 15) is 4.79 Å². The van der Waals surface area contributed by atoms with Crippen molar-refractivity contribution < 1.29 is 9.53 Å². The summed E-state index contributed by atoms with van der Waals surface area (Å²) in [5.74, 6) is 1.06. The van der Waals surface area contributed by atoms with E-state index in [1.807, 2.05) is 71.3 Å². The summed E-state index contributed by atoms with van der Waals surface area (Å²) < 4.78 is 7.21. The van der Waals surface area contributed by atoms with Crippen LogP contribution < -0.4 is 4.74 Å². The number of aromatic nitrogens is 2. The summed E-state index contributed by atoms with van der Waals surface area (Å²) in [4.78, 5) is 17.5. The van der Waals surface area contributed by atoms with Crippen molar-refractivity contribution in [1.82, 2.24) is 9.55 Å². The zero-order chi connectivity index (χ0) is 19.3. The maximum Gasteiger partial charge on any atom is 0.221 e. The van der Waals surface area contributed by atoms with Crippen molar-refractivity contribution in [2.45, 2.75) is 6.54 Å². The number of hydrogen-bond donors (Lipinski definition) is 0. The van der Waals surface area contributed by atoms with Crippen LogP contribution in [0.3, 0.4) is 0 Å². The van der Waals surface area contributed by atoms with Crippen LogP contribution >= 0.6 is 0 Å². The number of allylic oxidation sites excluding steroid dienone is 1. The van der Waals surface area contributed by atoms with Gasteiger partial charge in [0, 0.05) is 6.54 Å². The SMILES string of the molecule is COc1cccc(/C=C/C(=O)c2nc3ccccc3n2Cc2ccccc2)c1. The fraction of sp³-hybridized carbons (Fsp3) is 0.0833. The highest BCUT2D eigenvalue weighted by atomic mass is 16.5.